The number of carboxylic acid groups (broad SMARTS) is 2. The smallest absolute Gasteiger partial charge is 0.336 e. The summed E-state index contributed by atoms with van der Waals surface area (Å²) in [7, 11) is 0. The standard InChI is InChI=1S/C15H14O4/c1-2-4-9-7-8-10-11(13(9)15(18)19)5-3-6-12(10)14(16)17/h3,5-8H,2,4H2,1H3,(H,16,17)(H,18,19). The molecule has 4 heteroatoms. The third kappa shape index (κ3) is 2.29. The summed E-state index contributed by atoms with van der Waals surface area (Å²) in [5, 5.41) is 19.5. The Morgan fingerprint density at radius 1 is 1.00 bits per heavy atom. The lowest BCUT2D eigenvalue weighted by atomic mass is 9.94. The van der Waals surface area contributed by atoms with E-state index in [2.05, 4.69) is 0 Å². The van der Waals surface area contributed by atoms with Crippen LogP contribution in [0.1, 0.15) is 39.6 Å². The predicted molar refractivity (Wildman–Crippen MR) is 71.9 cm³/mol. The summed E-state index contributed by atoms with van der Waals surface area (Å²) in [6.07, 6.45) is 1.50. The number of hydrogen-bond donors (Lipinski definition) is 2. The molecule has 0 spiro atoms. The van der Waals surface area contributed by atoms with Crippen LogP contribution in [-0.4, -0.2) is 22.2 Å². The van der Waals surface area contributed by atoms with Crippen molar-refractivity contribution >= 4 is 22.7 Å². The molecule has 0 radical (unpaired) electrons. The molecule has 0 saturated heterocycles. The molecule has 0 amide bonds. The molecule has 2 N–H and O–H groups in total. The highest BCUT2D eigenvalue weighted by atomic mass is 16.4. The van der Waals surface area contributed by atoms with Crippen LogP contribution in [-0.2, 0) is 6.42 Å². The second-order valence-corrected chi connectivity index (χ2v) is 4.36. The lowest BCUT2D eigenvalue weighted by Crippen LogP contribution is -2.05. The average Bonchev–Trinajstić information content (AvgIpc) is 2.37. The van der Waals surface area contributed by atoms with Gasteiger partial charge in [0, 0.05) is 0 Å². The predicted octanol–water partition coefficient (Wildman–Crippen LogP) is 3.19. The summed E-state index contributed by atoms with van der Waals surface area (Å²) in [5.41, 5.74) is 1.08. The Morgan fingerprint density at radius 2 is 1.74 bits per heavy atom. The summed E-state index contributed by atoms with van der Waals surface area (Å²) in [6.45, 7) is 1.98. The molecule has 2 rings (SSSR count). The maximum atomic E-state index is 11.4. The van der Waals surface area contributed by atoms with Gasteiger partial charge in [-0.3, -0.25) is 0 Å². The fourth-order valence-electron chi connectivity index (χ4n) is 2.32. The molecule has 98 valence electrons. The van der Waals surface area contributed by atoms with Crippen LogP contribution in [0.15, 0.2) is 30.3 Å². The van der Waals surface area contributed by atoms with Crippen LogP contribution in [0.25, 0.3) is 10.8 Å². The van der Waals surface area contributed by atoms with Gasteiger partial charge in [-0.25, -0.2) is 9.59 Å². The van der Waals surface area contributed by atoms with Crippen LogP contribution in [0.2, 0.25) is 0 Å². The zero-order valence-electron chi connectivity index (χ0n) is 10.5. The molecule has 0 aliphatic rings. The highest BCUT2D eigenvalue weighted by Gasteiger charge is 2.17. The normalized spacial score (nSPS) is 10.6. The number of carbonyl (C=O) groups is 2. The number of aromatic carboxylic acids is 2. The van der Waals surface area contributed by atoms with Crippen LogP contribution in [0, 0.1) is 0 Å². The monoisotopic (exact) mass is 258 g/mol. The van der Waals surface area contributed by atoms with Crippen LogP contribution in [0.4, 0.5) is 0 Å². The number of aryl methyl sites for hydroxylation is 1. The Bertz CT molecular complexity index is 658. The summed E-state index contributed by atoms with van der Waals surface area (Å²) < 4.78 is 0. The molecule has 0 bridgehead atoms. The summed E-state index contributed by atoms with van der Waals surface area (Å²) in [5.74, 6) is -2.07. The molecule has 19 heavy (non-hydrogen) atoms. The minimum Gasteiger partial charge on any atom is -0.478 e. The van der Waals surface area contributed by atoms with E-state index in [1.807, 2.05) is 6.92 Å². The number of hydrogen-bond acceptors (Lipinski definition) is 2. The molecular weight excluding hydrogens is 244 g/mol. The summed E-state index contributed by atoms with van der Waals surface area (Å²) in [6, 6.07) is 8.12. The maximum absolute atomic E-state index is 11.4. The Labute approximate surface area is 110 Å². The highest BCUT2D eigenvalue weighted by Crippen LogP contribution is 2.26. The SMILES string of the molecule is CCCc1ccc2c(C(=O)O)cccc2c1C(=O)O. The number of rotatable bonds is 4. The average molecular weight is 258 g/mol. The Morgan fingerprint density at radius 3 is 2.32 bits per heavy atom. The lowest BCUT2D eigenvalue weighted by Gasteiger charge is -2.10. The van der Waals surface area contributed by atoms with Crippen molar-refractivity contribution in [3.63, 3.8) is 0 Å². The molecule has 2 aromatic carbocycles. The first-order valence-electron chi connectivity index (χ1n) is 6.07. The minimum absolute atomic E-state index is 0.128. The van der Waals surface area contributed by atoms with E-state index in [9.17, 15) is 14.7 Å². The highest BCUT2D eigenvalue weighted by molar-refractivity contribution is 6.11. The van der Waals surface area contributed by atoms with Crippen LogP contribution < -0.4 is 0 Å². The topological polar surface area (TPSA) is 74.6 Å². The van der Waals surface area contributed by atoms with E-state index >= 15 is 0 Å². The van der Waals surface area contributed by atoms with Gasteiger partial charge in [-0.05, 0) is 28.8 Å². The zero-order valence-corrected chi connectivity index (χ0v) is 10.5. The van der Waals surface area contributed by atoms with E-state index < -0.39 is 11.9 Å². The van der Waals surface area contributed by atoms with E-state index in [0.717, 1.165) is 12.0 Å². The van der Waals surface area contributed by atoms with Crippen molar-refractivity contribution in [3.05, 3.63) is 47.0 Å². The first-order chi connectivity index (χ1) is 9.06. The van der Waals surface area contributed by atoms with Gasteiger partial charge in [0.25, 0.3) is 0 Å². The van der Waals surface area contributed by atoms with Crippen molar-refractivity contribution in [2.24, 2.45) is 0 Å². The Hall–Kier alpha value is -2.36. The van der Waals surface area contributed by atoms with Gasteiger partial charge in [-0.15, -0.1) is 0 Å². The molecule has 0 aromatic heterocycles. The van der Waals surface area contributed by atoms with E-state index in [0.29, 0.717) is 17.2 Å². The minimum atomic E-state index is -1.05. The van der Waals surface area contributed by atoms with Gasteiger partial charge in [-0.1, -0.05) is 37.6 Å². The number of benzene rings is 2. The van der Waals surface area contributed by atoms with Gasteiger partial charge in [0.15, 0.2) is 0 Å². The van der Waals surface area contributed by atoms with Gasteiger partial charge in [-0.2, -0.15) is 0 Å². The van der Waals surface area contributed by atoms with Crippen molar-refractivity contribution in [3.8, 4) is 0 Å². The van der Waals surface area contributed by atoms with Gasteiger partial charge >= 0.3 is 11.9 Å². The van der Waals surface area contributed by atoms with E-state index in [4.69, 9.17) is 5.11 Å². The molecule has 0 heterocycles. The molecule has 0 saturated carbocycles. The molecule has 2 aromatic rings. The van der Waals surface area contributed by atoms with Crippen LogP contribution >= 0.6 is 0 Å². The third-order valence-electron chi connectivity index (χ3n) is 3.11. The Balaban J connectivity index is 2.83. The second-order valence-electron chi connectivity index (χ2n) is 4.36. The van der Waals surface area contributed by atoms with Gasteiger partial charge < -0.3 is 10.2 Å². The van der Waals surface area contributed by atoms with Crippen molar-refractivity contribution in [2.75, 3.05) is 0 Å². The first-order valence-corrected chi connectivity index (χ1v) is 6.07. The van der Waals surface area contributed by atoms with E-state index in [1.165, 1.54) is 6.07 Å². The van der Waals surface area contributed by atoms with Gasteiger partial charge in [0.05, 0.1) is 11.1 Å². The van der Waals surface area contributed by atoms with Gasteiger partial charge in [0.2, 0.25) is 0 Å². The second kappa shape index (κ2) is 5.10. The van der Waals surface area contributed by atoms with Crippen molar-refractivity contribution in [1.29, 1.82) is 0 Å². The largest absolute Gasteiger partial charge is 0.478 e. The number of carboxylic acids is 2. The quantitative estimate of drug-likeness (QED) is 0.883. The first kappa shape index (κ1) is 13.1. The Kier molecular flexibility index (Phi) is 3.51. The summed E-state index contributed by atoms with van der Waals surface area (Å²) >= 11 is 0. The molecule has 0 unspecified atom stereocenters. The van der Waals surface area contributed by atoms with Gasteiger partial charge in [0.1, 0.15) is 0 Å². The van der Waals surface area contributed by atoms with E-state index in [1.54, 1.807) is 24.3 Å². The fourth-order valence-corrected chi connectivity index (χ4v) is 2.32. The molecular formula is C15H14O4. The van der Waals surface area contributed by atoms with Crippen LogP contribution in [0.3, 0.4) is 0 Å². The van der Waals surface area contributed by atoms with Crippen molar-refractivity contribution in [1.82, 2.24) is 0 Å². The van der Waals surface area contributed by atoms with Crippen LogP contribution in [0.5, 0.6) is 0 Å². The molecule has 0 fully saturated rings. The third-order valence-corrected chi connectivity index (χ3v) is 3.11. The summed E-state index contributed by atoms with van der Waals surface area (Å²) in [4.78, 5) is 22.6. The fraction of sp³-hybridized carbons (Fsp3) is 0.200. The van der Waals surface area contributed by atoms with Crippen molar-refractivity contribution < 1.29 is 19.8 Å². The lowest BCUT2D eigenvalue weighted by molar-refractivity contribution is 0.0685. The number of fused-ring (bicyclic) bond motifs is 1. The van der Waals surface area contributed by atoms with E-state index in [-0.39, 0.29) is 11.1 Å². The molecule has 0 aliphatic carbocycles. The molecule has 4 nitrogen and oxygen atoms in total. The molecule has 0 aliphatic heterocycles. The van der Waals surface area contributed by atoms with Crippen molar-refractivity contribution in [2.45, 2.75) is 19.8 Å². The zero-order chi connectivity index (χ0) is 14.0. The molecule has 0 atom stereocenters. The maximum Gasteiger partial charge on any atom is 0.336 e.